The minimum atomic E-state index is -0.296. The number of hydrogen-bond acceptors (Lipinski definition) is 3. The van der Waals surface area contributed by atoms with E-state index in [1.165, 1.54) is 0 Å². The average molecular weight is 390 g/mol. The second-order valence-electron chi connectivity index (χ2n) is 8.60. The number of fused-ring (bicyclic) bond motifs is 2. The van der Waals surface area contributed by atoms with Crippen molar-refractivity contribution in [2.24, 2.45) is 11.3 Å². The van der Waals surface area contributed by atoms with E-state index in [4.69, 9.17) is 0 Å². The van der Waals surface area contributed by atoms with Gasteiger partial charge in [-0.2, -0.15) is 0 Å². The first-order chi connectivity index (χ1) is 14.1. The highest BCUT2D eigenvalue weighted by atomic mass is 16.2. The fourth-order valence-electron chi connectivity index (χ4n) is 5.04. The Balaban J connectivity index is 1.26. The Hall–Kier alpha value is -2.89. The molecule has 3 aliphatic rings. The molecule has 1 aliphatic heterocycles. The lowest BCUT2D eigenvalue weighted by molar-refractivity contribution is -0.129. The normalized spacial score (nSPS) is 27.9. The zero-order valence-electron chi connectivity index (χ0n) is 16.5. The molecule has 1 saturated heterocycles. The third-order valence-corrected chi connectivity index (χ3v) is 6.67. The molecule has 6 heteroatoms. The van der Waals surface area contributed by atoms with Crippen molar-refractivity contribution in [1.82, 2.24) is 19.8 Å². The van der Waals surface area contributed by atoms with Crippen molar-refractivity contribution in [1.29, 1.82) is 0 Å². The highest BCUT2D eigenvalue weighted by molar-refractivity contribution is 5.95. The maximum atomic E-state index is 13.1. The second-order valence-corrected chi connectivity index (χ2v) is 8.60. The fourth-order valence-corrected chi connectivity index (χ4v) is 5.04. The molecule has 0 spiro atoms. The Kier molecular flexibility index (Phi) is 4.49. The van der Waals surface area contributed by atoms with Crippen molar-refractivity contribution < 1.29 is 9.59 Å². The summed E-state index contributed by atoms with van der Waals surface area (Å²) in [6.45, 7) is 1.30. The van der Waals surface area contributed by atoms with Gasteiger partial charge >= 0.3 is 0 Å². The number of rotatable bonds is 4. The molecule has 1 saturated carbocycles. The lowest BCUT2D eigenvalue weighted by Gasteiger charge is -2.35. The van der Waals surface area contributed by atoms with E-state index in [0.29, 0.717) is 18.0 Å². The summed E-state index contributed by atoms with van der Waals surface area (Å²) in [6, 6.07) is 7.63. The van der Waals surface area contributed by atoms with Gasteiger partial charge in [-0.3, -0.25) is 9.59 Å². The van der Waals surface area contributed by atoms with Gasteiger partial charge in [0.1, 0.15) is 0 Å². The van der Waals surface area contributed by atoms with Crippen LogP contribution in [0.15, 0.2) is 55.1 Å². The summed E-state index contributed by atoms with van der Waals surface area (Å²) >= 11 is 0. The van der Waals surface area contributed by atoms with Crippen LogP contribution < -0.4 is 5.32 Å². The number of amides is 2. The van der Waals surface area contributed by atoms with E-state index >= 15 is 0 Å². The number of hydrogen-bond donors (Lipinski definition) is 1. The molecule has 0 radical (unpaired) electrons. The number of carbonyl (C=O) groups is 2. The van der Waals surface area contributed by atoms with Crippen molar-refractivity contribution in [3.8, 4) is 5.69 Å². The summed E-state index contributed by atoms with van der Waals surface area (Å²) in [5, 5.41) is 3.25. The van der Waals surface area contributed by atoms with Gasteiger partial charge in [0.15, 0.2) is 0 Å². The molecule has 1 aromatic heterocycles. The maximum Gasteiger partial charge on any atom is 0.253 e. The van der Waals surface area contributed by atoms with Gasteiger partial charge in [0.05, 0.1) is 11.7 Å². The van der Waals surface area contributed by atoms with Crippen molar-refractivity contribution in [3.05, 3.63) is 60.7 Å². The van der Waals surface area contributed by atoms with Gasteiger partial charge in [-0.1, -0.05) is 18.2 Å². The highest BCUT2D eigenvalue weighted by Gasteiger charge is 2.46. The third kappa shape index (κ3) is 3.37. The number of piperidine rings is 1. The Labute approximate surface area is 170 Å². The molecule has 2 bridgehead atoms. The summed E-state index contributed by atoms with van der Waals surface area (Å²) in [4.78, 5) is 32.0. The van der Waals surface area contributed by atoms with Gasteiger partial charge in [0, 0.05) is 42.8 Å². The van der Waals surface area contributed by atoms with E-state index in [9.17, 15) is 9.59 Å². The summed E-state index contributed by atoms with van der Waals surface area (Å²) in [5.41, 5.74) is 1.29. The Morgan fingerprint density at radius 1 is 1.24 bits per heavy atom. The molecule has 150 valence electrons. The minimum Gasteiger partial charge on any atom is -0.351 e. The maximum absolute atomic E-state index is 13.1. The second kappa shape index (κ2) is 7.17. The largest absolute Gasteiger partial charge is 0.351 e. The topological polar surface area (TPSA) is 67.2 Å². The Morgan fingerprint density at radius 3 is 2.90 bits per heavy atom. The fraction of sp³-hybridized carbons (Fsp3) is 0.435. The van der Waals surface area contributed by atoms with Crippen molar-refractivity contribution in [3.63, 3.8) is 0 Å². The van der Waals surface area contributed by atoms with E-state index < -0.39 is 0 Å². The molecule has 29 heavy (non-hydrogen) atoms. The monoisotopic (exact) mass is 390 g/mol. The van der Waals surface area contributed by atoms with Crippen LogP contribution in [0.1, 0.15) is 42.5 Å². The van der Waals surface area contributed by atoms with Gasteiger partial charge in [0.25, 0.3) is 5.91 Å². The van der Waals surface area contributed by atoms with Crippen LogP contribution in [-0.2, 0) is 4.79 Å². The first-order valence-corrected chi connectivity index (χ1v) is 10.5. The number of aromatic nitrogens is 2. The average Bonchev–Trinajstić information content (AvgIpc) is 3.52. The molecule has 1 N–H and O–H groups in total. The molecule has 2 aliphatic carbocycles. The number of allylic oxidation sites excluding steroid dienone is 1. The number of likely N-dealkylation sites (tertiary alicyclic amines) is 1. The van der Waals surface area contributed by atoms with E-state index in [2.05, 4.69) is 22.5 Å². The molecule has 2 amide bonds. The molecule has 1 aromatic carbocycles. The van der Waals surface area contributed by atoms with Crippen LogP contribution in [0.3, 0.4) is 0 Å². The van der Waals surface area contributed by atoms with Crippen LogP contribution in [0.4, 0.5) is 0 Å². The summed E-state index contributed by atoms with van der Waals surface area (Å²) < 4.78 is 1.89. The van der Waals surface area contributed by atoms with E-state index in [0.717, 1.165) is 44.3 Å². The lowest BCUT2D eigenvalue weighted by atomic mass is 9.86. The molecule has 2 fully saturated rings. The number of benzene rings is 1. The minimum absolute atomic E-state index is 0.0192. The van der Waals surface area contributed by atoms with Gasteiger partial charge in [-0.05, 0) is 56.2 Å². The van der Waals surface area contributed by atoms with Crippen LogP contribution in [0, 0.1) is 11.3 Å². The molecule has 2 aromatic rings. The summed E-state index contributed by atoms with van der Waals surface area (Å²) in [6.07, 6.45) is 14.5. The van der Waals surface area contributed by atoms with E-state index in [-0.39, 0.29) is 23.3 Å². The standard InChI is InChI=1S/C23H26N4O2/c28-21(18-3-1-5-20(13-18)27-12-10-24-16-27)26-11-2-4-19(15-26)25-22(29)23-8-6-17(14-23)7-9-23/h1,3,5-6,8,10,12-13,16-17,19H,2,4,7,9,11,14-15H2,(H,25,29). The van der Waals surface area contributed by atoms with Gasteiger partial charge < -0.3 is 14.8 Å². The zero-order valence-corrected chi connectivity index (χ0v) is 16.5. The number of carbonyl (C=O) groups excluding carboxylic acids is 2. The first kappa shape index (κ1) is 18.2. The van der Waals surface area contributed by atoms with Gasteiger partial charge in [0.2, 0.25) is 5.91 Å². The number of nitrogens with one attached hydrogen (secondary N) is 1. The third-order valence-electron chi connectivity index (χ3n) is 6.67. The SMILES string of the molecule is O=C(c1cccc(-n2ccnc2)c1)N1CCCC(NC(=O)C23C=CC(CC2)C3)C1. The van der Waals surface area contributed by atoms with E-state index in [1.807, 2.05) is 39.9 Å². The summed E-state index contributed by atoms with van der Waals surface area (Å²) in [7, 11) is 0. The van der Waals surface area contributed by atoms with Crippen LogP contribution in [-0.4, -0.2) is 45.4 Å². The first-order valence-electron chi connectivity index (χ1n) is 10.5. The molecule has 3 unspecified atom stereocenters. The van der Waals surface area contributed by atoms with Crippen molar-refractivity contribution in [2.75, 3.05) is 13.1 Å². The number of imidazole rings is 1. The van der Waals surface area contributed by atoms with Crippen LogP contribution in [0.2, 0.25) is 0 Å². The number of nitrogens with zero attached hydrogens (tertiary/aromatic N) is 3. The van der Waals surface area contributed by atoms with Crippen molar-refractivity contribution >= 4 is 11.8 Å². The van der Waals surface area contributed by atoms with Crippen LogP contribution in [0.25, 0.3) is 5.69 Å². The quantitative estimate of drug-likeness (QED) is 0.816. The highest BCUT2D eigenvalue weighted by Crippen LogP contribution is 2.49. The van der Waals surface area contributed by atoms with Crippen molar-refractivity contribution in [2.45, 2.75) is 38.1 Å². The molecular formula is C23H26N4O2. The van der Waals surface area contributed by atoms with Gasteiger partial charge in [-0.25, -0.2) is 4.98 Å². The molecule has 5 rings (SSSR count). The van der Waals surface area contributed by atoms with Gasteiger partial charge in [-0.15, -0.1) is 0 Å². The lowest BCUT2D eigenvalue weighted by Crippen LogP contribution is -2.52. The molecular weight excluding hydrogens is 364 g/mol. The molecule has 3 atom stereocenters. The Morgan fingerprint density at radius 2 is 2.17 bits per heavy atom. The van der Waals surface area contributed by atoms with E-state index in [1.54, 1.807) is 12.5 Å². The Bertz CT molecular complexity index is 952. The molecule has 2 heterocycles. The van der Waals surface area contributed by atoms with Crippen LogP contribution in [0.5, 0.6) is 0 Å². The predicted molar refractivity (Wildman–Crippen MR) is 110 cm³/mol. The zero-order chi connectivity index (χ0) is 19.8. The summed E-state index contributed by atoms with van der Waals surface area (Å²) in [5.74, 6) is 0.744. The predicted octanol–water partition coefficient (Wildman–Crippen LogP) is 2.95. The van der Waals surface area contributed by atoms with Crippen LogP contribution >= 0.6 is 0 Å². The molecule has 6 nitrogen and oxygen atoms in total. The smallest absolute Gasteiger partial charge is 0.253 e.